The van der Waals surface area contributed by atoms with E-state index < -0.39 is 0 Å². The number of aromatic nitrogens is 1. The minimum atomic E-state index is 0.143. The van der Waals surface area contributed by atoms with Gasteiger partial charge in [-0.2, -0.15) is 0 Å². The molecule has 1 N–H and O–H groups in total. The van der Waals surface area contributed by atoms with Gasteiger partial charge in [-0.3, -0.25) is 4.79 Å². The van der Waals surface area contributed by atoms with Crippen LogP contribution in [0.1, 0.15) is 50.4 Å². The predicted octanol–water partition coefficient (Wildman–Crippen LogP) is 5.21. The van der Waals surface area contributed by atoms with Gasteiger partial charge in [-0.1, -0.05) is 51.1 Å². The number of amides is 1. The normalized spacial score (nSPS) is 14.1. The van der Waals surface area contributed by atoms with Crippen LogP contribution >= 0.6 is 0 Å². The Bertz CT molecular complexity index is 996. The number of para-hydroxylation sites is 1. The molecule has 1 aliphatic rings. The van der Waals surface area contributed by atoms with E-state index in [4.69, 9.17) is 4.74 Å². The summed E-state index contributed by atoms with van der Waals surface area (Å²) in [5, 5.41) is 1.24. The molecule has 0 bridgehead atoms. The van der Waals surface area contributed by atoms with Crippen LogP contribution in [-0.4, -0.2) is 28.9 Å². The Balaban J connectivity index is 1.27. The molecule has 0 saturated carbocycles. The Morgan fingerprint density at radius 3 is 2.62 bits per heavy atom. The summed E-state index contributed by atoms with van der Waals surface area (Å²) >= 11 is 0. The zero-order valence-electron chi connectivity index (χ0n) is 17.6. The summed E-state index contributed by atoms with van der Waals surface area (Å²) in [6.45, 7) is 8.66. The van der Waals surface area contributed by atoms with Crippen molar-refractivity contribution in [3.8, 4) is 5.75 Å². The molecule has 0 spiro atoms. The topological polar surface area (TPSA) is 45.3 Å². The van der Waals surface area contributed by atoms with Crippen LogP contribution in [0.3, 0.4) is 0 Å². The molecule has 0 unspecified atom stereocenters. The number of hydrogen-bond acceptors (Lipinski definition) is 2. The number of hydrogen-bond donors (Lipinski definition) is 1. The lowest BCUT2D eigenvalue weighted by Crippen LogP contribution is -2.35. The maximum atomic E-state index is 12.7. The number of fused-ring (bicyclic) bond motifs is 3. The fourth-order valence-corrected chi connectivity index (χ4v) is 4.00. The fraction of sp³-hybridized carbons (Fsp3) is 0.400. The molecule has 3 aromatic rings. The molecular weight excluding hydrogens is 360 g/mol. The van der Waals surface area contributed by atoms with Crippen LogP contribution in [-0.2, 0) is 23.2 Å². The summed E-state index contributed by atoms with van der Waals surface area (Å²) < 4.78 is 5.84. The highest BCUT2D eigenvalue weighted by molar-refractivity contribution is 5.86. The van der Waals surface area contributed by atoms with Crippen LogP contribution in [0, 0.1) is 0 Å². The third kappa shape index (κ3) is 4.31. The largest absolute Gasteiger partial charge is 0.494 e. The maximum absolute atomic E-state index is 12.7. The molecule has 152 valence electrons. The predicted molar refractivity (Wildman–Crippen MR) is 117 cm³/mol. The zero-order valence-corrected chi connectivity index (χ0v) is 17.6. The van der Waals surface area contributed by atoms with Crippen molar-refractivity contribution in [2.45, 2.75) is 52.0 Å². The Morgan fingerprint density at radius 1 is 1.10 bits per heavy atom. The monoisotopic (exact) mass is 390 g/mol. The first-order valence-electron chi connectivity index (χ1n) is 10.5. The van der Waals surface area contributed by atoms with E-state index in [-0.39, 0.29) is 11.3 Å². The lowest BCUT2D eigenvalue weighted by atomic mass is 9.87. The molecular formula is C25H30N2O2. The highest BCUT2D eigenvalue weighted by Gasteiger charge is 2.23. The SMILES string of the molecule is CC(C)(C)c1ccc(OCCCC(=O)N2CCc3[nH]c4ccccc4c3C2)cc1. The molecule has 0 aliphatic carbocycles. The third-order valence-corrected chi connectivity index (χ3v) is 5.76. The van der Waals surface area contributed by atoms with Crippen molar-refractivity contribution >= 4 is 16.8 Å². The van der Waals surface area contributed by atoms with Crippen molar-refractivity contribution in [3.63, 3.8) is 0 Å². The van der Waals surface area contributed by atoms with E-state index in [0.29, 0.717) is 19.6 Å². The van der Waals surface area contributed by atoms with Gasteiger partial charge in [-0.25, -0.2) is 0 Å². The van der Waals surface area contributed by atoms with E-state index in [2.05, 4.69) is 56.1 Å². The quantitative estimate of drug-likeness (QED) is 0.608. The Kier molecular flexibility index (Phi) is 5.35. The number of ether oxygens (including phenoxy) is 1. The first-order chi connectivity index (χ1) is 13.9. The molecule has 4 heteroatoms. The summed E-state index contributed by atoms with van der Waals surface area (Å²) in [6.07, 6.45) is 2.15. The highest BCUT2D eigenvalue weighted by atomic mass is 16.5. The van der Waals surface area contributed by atoms with Gasteiger partial charge in [0.05, 0.1) is 6.61 Å². The minimum Gasteiger partial charge on any atom is -0.494 e. The van der Waals surface area contributed by atoms with Crippen LogP contribution < -0.4 is 4.74 Å². The molecule has 0 atom stereocenters. The van der Waals surface area contributed by atoms with Crippen molar-refractivity contribution in [1.82, 2.24) is 9.88 Å². The van der Waals surface area contributed by atoms with Crippen LogP contribution in [0.15, 0.2) is 48.5 Å². The summed E-state index contributed by atoms with van der Waals surface area (Å²) in [5.74, 6) is 1.08. The van der Waals surface area contributed by atoms with Gasteiger partial charge in [0.1, 0.15) is 5.75 Å². The van der Waals surface area contributed by atoms with Crippen molar-refractivity contribution in [3.05, 3.63) is 65.4 Å². The van der Waals surface area contributed by atoms with Gasteiger partial charge >= 0.3 is 0 Å². The lowest BCUT2D eigenvalue weighted by Gasteiger charge is -2.27. The lowest BCUT2D eigenvalue weighted by molar-refractivity contribution is -0.132. The minimum absolute atomic E-state index is 0.143. The van der Waals surface area contributed by atoms with Crippen LogP contribution in [0.4, 0.5) is 0 Å². The van der Waals surface area contributed by atoms with Crippen molar-refractivity contribution in [2.24, 2.45) is 0 Å². The average Bonchev–Trinajstić information content (AvgIpc) is 3.08. The maximum Gasteiger partial charge on any atom is 0.223 e. The van der Waals surface area contributed by atoms with Gasteiger partial charge in [-0.15, -0.1) is 0 Å². The van der Waals surface area contributed by atoms with E-state index in [1.807, 2.05) is 23.1 Å². The second-order valence-electron chi connectivity index (χ2n) is 8.92. The van der Waals surface area contributed by atoms with Crippen molar-refractivity contribution < 1.29 is 9.53 Å². The van der Waals surface area contributed by atoms with Crippen LogP contribution in [0.25, 0.3) is 10.9 Å². The number of carbonyl (C=O) groups excluding carboxylic acids is 1. The molecule has 4 rings (SSSR count). The molecule has 1 aromatic heterocycles. The summed E-state index contributed by atoms with van der Waals surface area (Å²) in [4.78, 5) is 18.2. The van der Waals surface area contributed by atoms with E-state index in [0.717, 1.165) is 30.7 Å². The second kappa shape index (κ2) is 7.94. The second-order valence-corrected chi connectivity index (χ2v) is 8.92. The average molecular weight is 391 g/mol. The number of H-pyrrole nitrogens is 1. The number of carbonyl (C=O) groups is 1. The van der Waals surface area contributed by atoms with E-state index >= 15 is 0 Å². The van der Waals surface area contributed by atoms with Crippen molar-refractivity contribution in [1.29, 1.82) is 0 Å². The van der Waals surface area contributed by atoms with Crippen molar-refractivity contribution in [2.75, 3.05) is 13.2 Å². The smallest absolute Gasteiger partial charge is 0.223 e. The molecule has 29 heavy (non-hydrogen) atoms. The molecule has 1 amide bonds. The Morgan fingerprint density at radius 2 is 1.86 bits per heavy atom. The van der Waals surface area contributed by atoms with Gasteiger partial charge in [0.2, 0.25) is 5.91 Å². The standard InChI is InChI=1S/C25H30N2O2/c1-25(2,3)18-10-12-19(13-11-18)29-16-6-9-24(28)27-15-14-23-21(17-27)20-7-4-5-8-22(20)26-23/h4-5,7-8,10-13,26H,6,9,14-17H2,1-3H3. The molecule has 4 nitrogen and oxygen atoms in total. The van der Waals surface area contributed by atoms with Crippen LogP contribution in [0.2, 0.25) is 0 Å². The third-order valence-electron chi connectivity index (χ3n) is 5.76. The van der Waals surface area contributed by atoms with E-state index in [1.54, 1.807) is 0 Å². The Hall–Kier alpha value is -2.75. The van der Waals surface area contributed by atoms with Gasteiger partial charge < -0.3 is 14.6 Å². The summed E-state index contributed by atoms with van der Waals surface area (Å²) in [5.41, 5.74) is 5.15. The first-order valence-corrected chi connectivity index (χ1v) is 10.5. The fourth-order valence-electron chi connectivity index (χ4n) is 4.00. The summed E-state index contributed by atoms with van der Waals surface area (Å²) in [7, 11) is 0. The zero-order chi connectivity index (χ0) is 20.4. The number of nitrogens with zero attached hydrogens (tertiary/aromatic N) is 1. The first kappa shape index (κ1) is 19.6. The molecule has 1 aliphatic heterocycles. The van der Waals surface area contributed by atoms with Gasteiger partial charge in [0.25, 0.3) is 0 Å². The number of rotatable bonds is 5. The van der Waals surface area contributed by atoms with E-state index in [1.165, 1.54) is 22.2 Å². The Labute approximate surface area is 172 Å². The van der Waals surface area contributed by atoms with Gasteiger partial charge in [0, 0.05) is 48.1 Å². The van der Waals surface area contributed by atoms with Gasteiger partial charge in [0.15, 0.2) is 0 Å². The van der Waals surface area contributed by atoms with Crippen LogP contribution in [0.5, 0.6) is 5.75 Å². The van der Waals surface area contributed by atoms with E-state index in [9.17, 15) is 4.79 Å². The summed E-state index contributed by atoms with van der Waals surface area (Å²) in [6, 6.07) is 16.6. The van der Waals surface area contributed by atoms with Gasteiger partial charge in [-0.05, 0) is 35.6 Å². The molecule has 2 aromatic carbocycles. The number of aromatic amines is 1. The number of benzene rings is 2. The number of nitrogens with one attached hydrogen (secondary N) is 1. The molecule has 0 fully saturated rings. The molecule has 0 radical (unpaired) electrons. The molecule has 0 saturated heterocycles. The highest BCUT2D eigenvalue weighted by Crippen LogP contribution is 2.28. The molecule has 2 heterocycles.